The number of fused-ring (bicyclic) bond motifs is 3. The fourth-order valence-corrected chi connectivity index (χ4v) is 10.7. The highest BCUT2D eigenvalue weighted by atomic mass is 16.7. The Morgan fingerprint density at radius 1 is 0.926 bits per heavy atom. The van der Waals surface area contributed by atoms with Gasteiger partial charge in [0.25, 0.3) is 5.69 Å². The maximum Gasteiger partial charge on any atom is 0.269 e. The third kappa shape index (κ3) is 9.99. The second kappa shape index (κ2) is 21.6. The van der Waals surface area contributed by atoms with Gasteiger partial charge in [-0.3, -0.25) is 14.9 Å². The van der Waals surface area contributed by atoms with E-state index in [9.17, 15) is 20.3 Å². The van der Waals surface area contributed by atoms with Gasteiger partial charge in [0.2, 0.25) is 11.7 Å². The van der Waals surface area contributed by atoms with Crippen LogP contribution in [0.15, 0.2) is 139 Å². The van der Waals surface area contributed by atoms with Gasteiger partial charge in [-0.2, -0.15) is 0 Å². The molecule has 12 heteroatoms. The molecule has 68 heavy (non-hydrogen) atoms. The normalized spacial score (nSPS) is 22.2. The summed E-state index contributed by atoms with van der Waals surface area (Å²) in [6.45, 7) is 8.66. The van der Waals surface area contributed by atoms with Gasteiger partial charge in [0.1, 0.15) is 30.4 Å². The number of nitro benzene ring substituents is 1. The molecule has 5 aromatic rings. The lowest BCUT2D eigenvalue weighted by Crippen LogP contribution is -2.70. The third-order valence-electron chi connectivity index (χ3n) is 14.0. The van der Waals surface area contributed by atoms with Crippen LogP contribution in [0.25, 0.3) is 16.8 Å². The summed E-state index contributed by atoms with van der Waals surface area (Å²) in [6, 6.07) is 31.4. The molecule has 1 heterocycles. The number of amides is 1. The first-order valence-electron chi connectivity index (χ1n) is 23.7. The van der Waals surface area contributed by atoms with E-state index in [1.165, 1.54) is 30.9 Å². The molecule has 0 radical (unpaired) electrons. The summed E-state index contributed by atoms with van der Waals surface area (Å²) in [5, 5.41) is 38.3. The van der Waals surface area contributed by atoms with Gasteiger partial charge < -0.3 is 34.2 Å². The Labute approximate surface area is 398 Å². The Balaban J connectivity index is 1.34. The number of unbranched alkanes of at least 4 members (excludes halogenated alkanes) is 2. The molecule has 2 aliphatic carbocycles. The van der Waals surface area contributed by atoms with E-state index in [4.69, 9.17) is 24.2 Å². The zero-order chi connectivity index (χ0) is 47.8. The Bertz CT molecular complexity index is 2710. The van der Waals surface area contributed by atoms with Crippen molar-refractivity contribution >= 4 is 34.2 Å². The van der Waals surface area contributed by atoms with Gasteiger partial charge in [0, 0.05) is 55.9 Å². The quantitative estimate of drug-likeness (QED) is 0.0255. The fraction of sp³-hybridized carbons (Fsp3) is 0.357. The van der Waals surface area contributed by atoms with E-state index in [1.54, 1.807) is 24.3 Å². The lowest BCUT2D eigenvalue weighted by molar-refractivity contribution is -0.384. The van der Waals surface area contributed by atoms with Crippen molar-refractivity contribution in [2.75, 3.05) is 26.9 Å². The molecule has 0 aromatic heterocycles. The number of non-ortho nitro benzene ring substituents is 1. The largest absolute Gasteiger partial charge is 0.459 e. The minimum absolute atomic E-state index is 0.0204. The highest BCUT2D eigenvalue weighted by Crippen LogP contribution is 2.62. The molecular formula is C56H61N3O9. The number of carbonyl (C=O) groups is 1. The molecule has 354 valence electrons. The number of aliphatic hydroxyl groups is 2. The van der Waals surface area contributed by atoms with Gasteiger partial charge in [0.15, 0.2) is 0 Å². The molecule has 12 nitrogen and oxygen atoms in total. The highest BCUT2D eigenvalue weighted by Gasteiger charge is 2.65. The molecule has 1 fully saturated rings. The molecule has 1 amide bonds. The van der Waals surface area contributed by atoms with Crippen LogP contribution in [0.4, 0.5) is 5.69 Å². The number of oxime groups is 1. The van der Waals surface area contributed by atoms with Crippen LogP contribution in [0.5, 0.6) is 17.2 Å². The number of carbonyl (C=O) groups excluding carboxylic acids is 1. The minimum Gasteiger partial charge on any atom is -0.459 e. The highest BCUT2D eigenvalue weighted by molar-refractivity contribution is 6.03. The Morgan fingerprint density at radius 2 is 1.66 bits per heavy atom. The molecule has 5 aromatic carbocycles. The van der Waals surface area contributed by atoms with E-state index < -0.39 is 22.7 Å². The van der Waals surface area contributed by atoms with Crippen molar-refractivity contribution < 1.29 is 39.0 Å². The van der Waals surface area contributed by atoms with Crippen LogP contribution in [0.1, 0.15) is 78.7 Å². The van der Waals surface area contributed by atoms with Crippen LogP contribution < -0.4 is 9.47 Å². The number of ether oxygens (including phenoxy) is 3. The van der Waals surface area contributed by atoms with Crippen molar-refractivity contribution in [3.63, 3.8) is 0 Å². The Kier molecular flexibility index (Phi) is 15.2. The molecule has 6 atom stereocenters. The van der Waals surface area contributed by atoms with E-state index in [1.807, 2.05) is 53.4 Å². The molecule has 1 aliphatic heterocycles. The van der Waals surface area contributed by atoms with E-state index in [0.29, 0.717) is 35.6 Å². The first-order valence-corrected chi connectivity index (χ1v) is 23.7. The molecular weight excluding hydrogens is 859 g/mol. The van der Waals surface area contributed by atoms with Gasteiger partial charge in [-0.25, -0.2) is 0 Å². The smallest absolute Gasteiger partial charge is 0.269 e. The summed E-state index contributed by atoms with van der Waals surface area (Å²) < 4.78 is 21.3. The van der Waals surface area contributed by atoms with Crippen LogP contribution in [0.3, 0.4) is 0 Å². The summed E-state index contributed by atoms with van der Waals surface area (Å²) >= 11 is 0. The number of benzene rings is 5. The van der Waals surface area contributed by atoms with Gasteiger partial charge in [-0.05, 0) is 139 Å². The van der Waals surface area contributed by atoms with Crippen LogP contribution in [0, 0.1) is 41.7 Å². The minimum atomic E-state index is -1.49. The summed E-state index contributed by atoms with van der Waals surface area (Å²) in [5.41, 5.74) is 6.33. The molecule has 3 aliphatic rings. The first-order chi connectivity index (χ1) is 33.1. The molecule has 0 saturated heterocycles. The Hall–Kier alpha value is -6.60. The van der Waals surface area contributed by atoms with Crippen LogP contribution in [-0.2, 0) is 20.9 Å². The SMILES string of the molecule is C=CCO[C@@]12Oc3ccc(Oc4ccc(C)c(C)c4)cc3[C@H]3[C@H](CCCCO)[C@@H](CCCCO)C=C(C(=NOC)C[C@@H]1N(Cc1cccc4ccccc14)C(=O)C=Cc1ccc([N+](=O)[O-])cc1)[C@H]32. The molecule has 1 saturated carbocycles. The average molecular weight is 920 g/mol. The number of nitrogens with zero attached hydrogens (tertiary/aromatic N) is 3. The summed E-state index contributed by atoms with van der Waals surface area (Å²) in [7, 11) is 1.53. The summed E-state index contributed by atoms with van der Waals surface area (Å²) in [4.78, 5) is 33.9. The predicted molar refractivity (Wildman–Crippen MR) is 265 cm³/mol. The average Bonchev–Trinajstić information content (AvgIpc) is 3.34. The first kappa shape index (κ1) is 47.9. The topological polar surface area (TPSA) is 153 Å². The van der Waals surface area contributed by atoms with Gasteiger partial charge in [-0.15, -0.1) is 6.58 Å². The molecule has 0 unspecified atom stereocenters. The number of nitro groups is 1. The number of hydrogen-bond acceptors (Lipinski definition) is 10. The van der Waals surface area contributed by atoms with E-state index in [0.717, 1.165) is 64.5 Å². The summed E-state index contributed by atoms with van der Waals surface area (Å²) in [6.07, 6.45) is 11.9. The van der Waals surface area contributed by atoms with Crippen LogP contribution in [0.2, 0.25) is 0 Å². The Morgan fingerprint density at radius 3 is 2.40 bits per heavy atom. The summed E-state index contributed by atoms with van der Waals surface area (Å²) in [5.74, 6) is -0.529. The number of aliphatic hydroxyl groups excluding tert-OH is 2. The molecule has 8 rings (SSSR count). The predicted octanol–water partition coefficient (Wildman–Crippen LogP) is 11.2. The second-order valence-electron chi connectivity index (χ2n) is 18.1. The molecule has 2 N–H and O–H groups in total. The van der Waals surface area contributed by atoms with Crippen molar-refractivity contribution in [3.05, 3.63) is 171 Å². The van der Waals surface area contributed by atoms with Crippen molar-refractivity contribution in [2.24, 2.45) is 22.9 Å². The van der Waals surface area contributed by atoms with Gasteiger partial charge in [-0.1, -0.05) is 78.7 Å². The second-order valence-corrected chi connectivity index (χ2v) is 18.1. The number of hydrogen-bond donors (Lipinski definition) is 2. The zero-order valence-electron chi connectivity index (χ0n) is 39.1. The van der Waals surface area contributed by atoms with Crippen LogP contribution in [-0.4, -0.2) is 70.4 Å². The number of aryl methyl sites for hydroxylation is 2. The molecule has 0 spiro atoms. The lowest BCUT2D eigenvalue weighted by atomic mass is 9.55. The zero-order valence-corrected chi connectivity index (χ0v) is 39.1. The lowest BCUT2D eigenvalue weighted by Gasteiger charge is -2.60. The maximum absolute atomic E-state index is 15.3. The van der Waals surface area contributed by atoms with Crippen molar-refractivity contribution in [1.82, 2.24) is 4.90 Å². The van der Waals surface area contributed by atoms with Crippen molar-refractivity contribution in [1.29, 1.82) is 0 Å². The van der Waals surface area contributed by atoms with Gasteiger partial charge >= 0.3 is 0 Å². The molecule has 0 bridgehead atoms. The van der Waals surface area contributed by atoms with Gasteiger partial charge in [0.05, 0.1) is 23.2 Å². The number of rotatable bonds is 20. The maximum atomic E-state index is 15.3. The number of allylic oxidation sites excluding steroid dienone is 1. The standard InChI is InChI=1S/C56H61N3O9/c1-5-31-66-56-52(58(36-42-16-12-15-40-13-6-7-17-46(40)42)53(62)28-22-39-20-23-43(24-21-39)59(63)64)35-50(57-65-4)48-33-41(14-8-10-29-60)47(18-9-11-30-61)54(55(48)56)49-34-45(26-27-51(49)68-56)67-44-25-19-37(2)38(3)32-44/h5-7,12-13,15-17,19-28,32-34,41,47,52,54-55,60-61H,1,8-11,14,18,29-31,35-36H2,2-4H3/t41-,47+,52-,54+,55+,56+/m0/s1. The van der Waals surface area contributed by atoms with Crippen molar-refractivity contribution in [2.45, 2.75) is 83.1 Å². The fourth-order valence-electron chi connectivity index (χ4n) is 10.7. The van der Waals surface area contributed by atoms with E-state index in [-0.39, 0.29) is 62.1 Å². The third-order valence-corrected chi connectivity index (χ3v) is 14.0. The van der Waals surface area contributed by atoms with Crippen LogP contribution >= 0.6 is 0 Å². The van der Waals surface area contributed by atoms with E-state index in [2.05, 4.69) is 56.8 Å². The van der Waals surface area contributed by atoms with Crippen molar-refractivity contribution in [3.8, 4) is 17.2 Å². The monoisotopic (exact) mass is 919 g/mol. The van der Waals surface area contributed by atoms with E-state index >= 15 is 4.79 Å².